The molecule has 14 heteroatoms. The number of ether oxygens (including phenoxy) is 2. The minimum Gasteiger partial charge on any atom is -0.377 e. The number of rotatable bonds is 13. The fourth-order valence-electron chi connectivity index (χ4n) is 5.39. The Balaban J connectivity index is 0.968. The van der Waals surface area contributed by atoms with Crippen LogP contribution in [0, 0.1) is 20.8 Å². The number of aliphatic imine (C=N–C) groups is 1. The number of hydrogen-bond acceptors (Lipinski definition) is 9. The van der Waals surface area contributed by atoms with E-state index in [1.807, 2.05) is 41.8 Å². The fourth-order valence-corrected chi connectivity index (χ4v) is 6.73. The van der Waals surface area contributed by atoms with Crippen LogP contribution >= 0.6 is 22.9 Å². The molecular formula is C33H35ClN8O4S. The van der Waals surface area contributed by atoms with Gasteiger partial charge in [-0.2, -0.15) is 0 Å². The molecule has 0 spiro atoms. The van der Waals surface area contributed by atoms with Crippen molar-refractivity contribution in [3.63, 3.8) is 0 Å². The number of amides is 2. The summed E-state index contributed by atoms with van der Waals surface area (Å²) >= 11 is 7.86. The van der Waals surface area contributed by atoms with Gasteiger partial charge in [-0.1, -0.05) is 23.7 Å². The highest BCUT2D eigenvalue weighted by molar-refractivity contribution is 7.15. The normalized spacial score (nSPS) is 14.0. The molecule has 5 heterocycles. The molecule has 0 saturated carbocycles. The van der Waals surface area contributed by atoms with E-state index >= 15 is 0 Å². The summed E-state index contributed by atoms with van der Waals surface area (Å²) < 4.78 is 13.2. The van der Waals surface area contributed by atoms with Gasteiger partial charge in [0.1, 0.15) is 22.6 Å². The summed E-state index contributed by atoms with van der Waals surface area (Å²) in [6.45, 7) is 8.21. The quantitative estimate of drug-likeness (QED) is 0.154. The lowest BCUT2D eigenvalue weighted by atomic mass is 9.99. The van der Waals surface area contributed by atoms with Crippen LogP contribution in [0.2, 0.25) is 5.02 Å². The molecule has 6 rings (SSSR count). The van der Waals surface area contributed by atoms with Gasteiger partial charge in [0.15, 0.2) is 5.82 Å². The Labute approximate surface area is 280 Å². The minimum atomic E-state index is -0.538. The van der Waals surface area contributed by atoms with Crippen LogP contribution in [0.1, 0.15) is 56.2 Å². The van der Waals surface area contributed by atoms with E-state index in [0.717, 1.165) is 44.1 Å². The van der Waals surface area contributed by atoms with Gasteiger partial charge in [0.2, 0.25) is 5.91 Å². The number of aromatic nitrogens is 5. The Morgan fingerprint density at radius 2 is 1.74 bits per heavy atom. The van der Waals surface area contributed by atoms with Crippen LogP contribution in [-0.2, 0) is 14.3 Å². The number of nitrogens with zero attached hydrogens (tertiary/aromatic N) is 5. The first-order chi connectivity index (χ1) is 22.8. The fraction of sp³-hybridized carbons (Fsp3) is 0.333. The van der Waals surface area contributed by atoms with Gasteiger partial charge < -0.3 is 25.1 Å². The maximum Gasteiger partial charge on any atom is 0.267 e. The second-order valence-electron chi connectivity index (χ2n) is 11.1. The molecule has 1 atom stereocenters. The lowest BCUT2D eigenvalue weighted by Crippen LogP contribution is -2.29. The first kappa shape index (κ1) is 32.5. The molecule has 12 nitrogen and oxygen atoms in total. The molecular weight excluding hydrogens is 640 g/mol. The number of carbonyl (C=O) groups is 2. The molecule has 1 aliphatic heterocycles. The first-order valence-corrected chi connectivity index (χ1v) is 16.5. The third-order valence-electron chi connectivity index (χ3n) is 7.87. The zero-order chi connectivity index (χ0) is 32.9. The molecule has 4 aromatic heterocycles. The van der Waals surface area contributed by atoms with Gasteiger partial charge in [0, 0.05) is 57.4 Å². The van der Waals surface area contributed by atoms with Crippen LogP contribution in [0.15, 0.2) is 53.8 Å². The average molecular weight is 675 g/mol. The number of thiophene rings is 1. The number of H-pyrrole nitrogens is 1. The molecule has 1 aromatic carbocycles. The highest BCUT2D eigenvalue weighted by Gasteiger charge is 2.32. The molecule has 0 saturated heterocycles. The van der Waals surface area contributed by atoms with Crippen LogP contribution in [0.5, 0.6) is 0 Å². The van der Waals surface area contributed by atoms with Crippen LogP contribution in [0.3, 0.4) is 0 Å². The minimum absolute atomic E-state index is 0.104. The van der Waals surface area contributed by atoms with Gasteiger partial charge >= 0.3 is 0 Å². The highest BCUT2D eigenvalue weighted by atomic mass is 35.5. The monoisotopic (exact) mass is 674 g/mol. The van der Waals surface area contributed by atoms with Crippen molar-refractivity contribution < 1.29 is 19.1 Å². The van der Waals surface area contributed by atoms with Crippen LogP contribution < -0.4 is 10.6 Å². The van der Waals surface area contributed by atoms with E-state index in [4.69, 9.17) is 26.1 Å². The van der Waals surface area contributed by atoms with Gasteiger partial charge in [-0.05, 0) is 50.6 Å². The van der Waals surface area contributed by atoms with E-state index in [1.54, 1.807) is 29.8 Å². The zero-order valence-corrected chi connectivity index (χ0v) is 27.9. The van der Waals surface area contributed by atoms with Crippen LogP contribution in [0.4, 0.5) is 0 Å². The van der Waals surface area contributed by atoms with Crippen LogP contribution in [-0.4, -0.2) is 81.8 Å². The third-order valence-corrected chi connectivity index (χ3v) is 9.32. The Bertz CT molecular complexity index is 1900. The van der Waals surface area contributed by atoms with E-state index in [0.29, 0.717) is 56.1 Å². The topological polar surface area (TPSA) is 148 Å². The molecule has 1 aliphatic rings. The maximum absolute atomic E-state index is 13.1. The SMILES string of the molecule is Cc1sc2c(c1C)C(c1ccc(Cl)cc1)=N[C@@H](CC(=O)NCCOCCOCCNC(=O)c1cc3cnccc3[nH]1)c1nnc(C)n1-2. The van der Waals surface area contributed by atoms with E-state index in [2.05, 4.69) is 44.6 Å². The Hall–Kier alpha value is -4.43. The van der Waals surface area contributed by atoms with Crippen molar-refractivity contribution in [1.82, 2.24) is 35.4 Å². The molecule has 0 fully saturated rings. The van der Waals surface area contributed by atoms with Crippen molar-refractivity contribution in [3.8, 4) is 5.00 Å². The average Bonchev–Trinajstić information content (AvgIpc) is 3.73. The number of pyridine rings is 1. The standard InChI is InChI=1S/C33H35ClN8O4S/c1-19-20(2)47-33-29(19)30(22-4-6-24(34)7-5-22)39-26(31-41-40-21(3)42(31)33)17-28(43)36-10-12-45-14-15-46-13-11-37-32(44)27-16-23-18-35-9-8-25(23)38-27/h4-9,16,18,26,38H,10-15,17H2,1-3H3,(H,36,43)(H,37,44)/t26-/m0/s1. The molecule has 0 aliphatic carbocycles. The molecule has 5 aromatic rings. The second-order valence-corrected chi connectivity index (χ2v) is 12.7. The summed E-state index contributed by atoms with van der Waals surface area (Å²) in [6, 6.07) is 10.6. The molecule has 47 heavy (non-hydrogen) atoms. The van der Waals surface area contributed by atoms with E-state index in [1.165, 1.54) is 4.88 Å². The third kappa shape index (κ3) is 7.28. The van der Waals surface area contributed by atoms with E-state index < -0.39 is 6.04 Å². The summed E-state index contributed by atoms with van der Waals surface area (Å²) in [7, 11) is 0. The molecule has 0 radical (unpaired) electrons. The van der Waals surface area contributed by atoms with Gasteiger partial charge in [-0.15, -0.1) is 21.5 Å². The molecule has 3 N–H and O–H groups in total. The number of hydrogen-bond donors (Lipinski definition) is 3. The molecule has 0 unspecified atom stereocenters. The maximum atomic E-state index is 13.1. The molecule has 244 valence electrons. The van der Waals surface area contributed by atoms with Gasteiger partial charge in [-0.3, -0.25) is 24.1 Å². The summed E-state index contributed by atoms with van der Waals surface area (Å²) in [6.07, 6.45) is 3.48. The summed E-state index contributed by atoms with van der Waals surface area (Å²) in [4.78, 5) is 38.9. The number of halogens is 1. The summed E-state index contributed by atoms with van der Waals surface area (Å²) in [5, 5.41) is 17.1. The lowest BCUT2D eigenvalue weighted by Gasteiger charge is -2.13. The van der Waals surface area contributed by atoms with Crippen LogP contribution in [0.25, 0.3) is 15.9 Å². The van der Waals surface area contributed by atoms with E-state index in [9.17, 15) is 9.59 Å². The zero-order valence-electron chi connectivity index (χ0n) is 26.3. The largest absolute Gasteiger partial charge is 0.377 e. The van der Waals surface area contributed by atoms with Crippen molar-refractivity contribution in [3.05, 3.63) is 92.7 Å². The second kappa shape index (κ2) is 14.6. The Kier molecular flexibility index (Phi) is 10.1. The van der Waals surface area contributed by atoms with Crippen molar-refractivity contribution in [2.24, 2.45) is 4.99 Å². The number of carbonyl (C=O) groups excluding carboxylic acids is 2. The number of benzene rings is 1. The summed E-state index contributed by atoms with van der Waals surface area (Å²) in [5.74, 6) is 1.00. The predicted molar refractivity (Wildman–Crippen MR) is 181 cm³/mol. The first-order valence-electron chi connectivity index (χ1n) is 15.3. The number of aryl methyl sites for hydroxylation is 2. The lowest BCUT2D eigenvalue weighted by molar-refractivity contribution is -0.121. The predicted octanol–water partition coefficient (Wildman–Crippen LogP) is 4.65. The molecule has 2 amide bonds. The highest BCUT2D eigenvalue weighted by Crippen LogP contribution is 2.39. The van der Waals surface area contributed by atoms with E-state index in [-0.39, 0.29) is 18.2 Å². The van der Waals surface area contributed by atoms with Crippen molar-refractivity contribution in [2.75, 3.05) is 39.5 Å². The Morgan fingerprint density at radius 1 is 1.00 bits per heavy atom. The van der Waals surface area contributed by atoms with Gasteiger partial charge in [0.25, 0.3) is 5.91 Å². The van der Waals surface area contributed by atoms with Gasteiger partial charge in [-0.25, -0.2) is 0 Å². The Morgan fingerprint density at radius 3 is 2.49 bits per heavy atom. The number of nitrogens with one attached hydrogen (secondary N) is 3. The van der Waals surface area contributed by atoms with Crippen molar-refractivity contribution in [1.29, 1.82) is 0 Å². The summed E-state index contributed by atoms with van der Waals surface area (Å²) in [5.41, 5.74) is 5.22. The van der Waals surface area contributed by atoms with Gasteiger partial charge in [0.05, 0.1) is 38.6 Å². The molecule has 0 bridgehead atoms. The van der Waals surface area contributed by atoms with Crippen molar-refractivity contribution in [2.45, 2.75) is 33.2 Å². The number of fused-ring (bicyclic) bond motifs is 4. The smallest absolute Gasteiger partial charge is 0.267 e. The number of aromatic amines is 1. The van der Waals surface area contributed by atoms with Crippen molar-refractivity contribution >= 4 is 51.4 Å².